The van der Waals surface area contributed by atoms with E-state index in [4.69, 9.17) is 11.5 Å². The highest BCUT2D eigenvalue weighted by Crippen LogP contribution is 2.18. The van der Waals surface area contributed by atoms with Crippen LogP contribution in [0.15, 0.2) is 0 Å². The summed E-state index contributed by atoms with van der Waals surface area (Å²) in [4.78, 5) is 22.0. The van der Waals surface area contributed by atoms with Gasteiger partial charge in [-0.15, -0.1) is 6.42 Å². The Morgan fingerprint density at radius 2 is 2.14 bits per heavy atom. The Labute approximate surface area is 81.4 Å². The normalized spacial score (nSPS) is 25.4. The van der Waals surface area contributed by atoms with Crippen LogP contribution in [-0.2, 0) is 14.3 Å². The molecule has 0 spiro atoms. The number of carbonyl (C=O) groups is 2. The molecule has 0 amide bonds. The number of rotatable bonds is 3. The molecular formula is C9H11NO4. The standard InChI is InChI=1S/C9H11NO4/c1-2-3-14-9(13)7-5-10-4-6(7)8(11)12/h1,6-7,10H,3-5H2,(H,11,12). The number of carboxylic acid groups (broad SMARTS) is 1. The second-order valence-electron chi connectivity index (χ2n) is 3.02. The highest BCUT2D eigenvalue weighted by molar-refractivity contribution is 5.82. The number of esters is 1. The molecule has 0 aromatic heterocycles. The Hall–Kier alpha value is -1.54. The molecule has 1 saturated heterocycles. The fourth-order valence-corrected chi connectivity index (χ4v) is 1.41. The molecule has 5 nitrogen and oxygen atoms in total. The SMILES string of the molecule is C#CCOC(=O)C1CNCC1C(=O)O. The Kier molecular flexibility index (Phi) is 3.48. The topological polar surface area (TPSA) is 75.6 Å². The van der Waals surface area contributed by atoms with E-state index in [2.05, 4.69) is 16.0 Å². The lowest BCUT2D eigenvalue weighted by Crippen LogP contribution is -2.30. The van der Waals surface area contributed by atoms with E-state index in [0.717, 1.165) is 0 Å². The molecule has 76 valence electrons. The van der Waals surface area contributed by atoms with Crippen molar-refractivity contribution in [3.8, 4) is 12.3 Å². The first-order valence-corrected chi connectivity index (χ1v) is 4.20. The molecule has 2 unspecified atom stereocenters. The van der Waals surface area contributed by atoms with Crippen molar-refractivity contribution >= 4 is 11.9 Å². The van der Waals surface area contributed by atoms with Crippen molar-refractivity contribution in [1.29, 1.82) is 0 Å². The zero-order valence-electron chi connectivity index (χ0n) is 7.53. The van der Waals surface area contributed by atoms with Crippen LogP contribution >= 0.6 is 0 Å². The van der Waals surface area contributed by atoms with Gasteiger partial charge < -0.3 is 15.2 Å². The molecule has 0 aromatic carbocycles. The van der Waals surface area contributed by atoms with Gasteiger partial charge in [0.2, 0.25) is 0 Å². The second-order valence-corrected chi connectivity index (χ2v) is 3.02. The third-order valence-corrected chi connectivity index (χ3v) is 2.13. The second kappa shape index (κ2) is 4.63. The van der Waals surface area contributed by atoms with E-state index < -0.39 is 23.8 Å². The van der Waals surface area contributed by atoms with Gasteiger partial charge in [-0.1, -0.05) is 5.92 Å². The first kappa shape index (κ1) is 10.5. The maximum absolute atomic E-state index is 11.3. The number of aliphatic carboxylic acids is 1. The minimum absolute atomic E-state index is 0.109. The van der Waals surface area contributed by atoms with Crippen molar-refractivity contribution in [2.24, 2.45) is 11.8 Å². The Bertz CT molecular complexity index is 281. The van der Waals surface area contributed by atoms with Crippen molar-refractivity contribution in [2.75, 3.05) is 19.7 Å². The zero-order chi connectivity index (χ0) is 10.6. The molecule has 2 N–H and O–H groups in total. The predicted octanol–water partition coefficient (Wildman–Crippen LogP) is -0.917. The molecule has 0 radical (unpaired) electrons. The molecule has 14 heavy (non-hydrogen) atoms. The third kappa shape index (κ3) is 2.24. The highest BCUT2D eigenvalue weighted by atomic mass is 16.5. The van der Waals surface area contributed by atoms with Crippen LogP contribution in [0.4, 0.5) is 0 Å². The number of carboxylic acids is 1. The van der Waals surface area contributed by atoms with E-state index in [1.54, 1.807) is 0 Å². The van der Waals surface area contributed by atoms with Gasteiger partial charge in [0.25, 0.3) is 0 Å². The lowest BCUT2D eigenvalue weighted by molar-refractivity contribution is -0.154. The van der Waals surface area contributed by atoms with Crippen LogP contribution < -0.4 is 5.32 Å². The smallest absolute Gasteiger partial charge is 0.312 e. The number of hydrogen-bond donors (Lipinski definition) is 2. The van der Waals surface area contributed by atoms with Crippen LogP contribution in [0.25, 0.3) is 0 Å². The lowest BCUT2D eigenvalue weighted by Gasteiger charge is -2.12. The molecule has 1 rings (SSSR count). The van der Waals surface area contributed by atoms with Crippen LogP contribution in [-0.4, -0.2) is 36.7 Å². The summed E-state index contributed by atoms with van der Waals surface area (Å²) < 4.78 is 4.68. The summed E-state index contributed by atoms with van der Waals surface area (Å²) in [6, 6.07) is 0. The van der Waals surface area contributed by atoms with Gasteiger partial charge in [0, 0.05) is 13.1 Å². The molecule has 0 bridgehead atoms. The molecule has 0 aliphatic carbocycles. The van der Waals surface area contributed by atoms with Crippen LogP contribution in [0, 0.1) is 24.2 Å². The highest BCUT2D eigenvalue weighted by Gasteiger charge is 2.38. The molecule has 1 fully saturated rings. The number of ether oxygens (including phenoxy) is 1. The van der Waals surface area contributed by atoms with E-state index >= 15 is 0 Å². The molecule has 5 heteroatoms. The third-order valence-electron chi connectivity index (χ3n) is 2.13. The largest absolute Gasteiger partial charge is 0.481 e. The number of nitrogens with one attached hydrogen (secondary N) is 1. The van der Waals surface area contributed by atoms with Gasteiger partial charge in [-0.2, -0.15) is 0 Å². The Balaban J connectivity index is 2.54. The summed E-state index contributed by atoms with van der Waals surface area (Å²) in [6.07, 6.45) is 4.91. The summed E-state index contributed by atoms with van der Waals surface area (Å²) in [6.45, 7) is 0.521. The van der Waals surface area contributed by atoms with Gasteiger partial charge >= 0.3 is 11.9 Å². The summed E-state index contributed by atoms with van der Waals surface area (Å²) in [5.74, 6) is -0.707. The summed E-state index contributed by atoms with van der Waals surface area (Å²) in [7, 11) is 0. The maximum atomic E-state index is 11.3. The molecule has 1 aliphatic rings. The van der Waals surface area contributed by atoms with Gasteiger partial charge in [0.15, 0.2) is 6.61 Å². The fourth-order valence-electron chi connectivity index (χ4n) is 1.41. The van der Waals surface area contributed by atoms with Gasteiger partial charge in [-0.3, -0.25) is 9.59 Å². The maximum Gasteiger partial charge on any atom is 0.312 e. The summed E-state index contributed by atoms with van der Waals surface area (Å²) >= 11 is 0. The van der Waals surface area contributed by atoms with E-state index in [9.17, 15) is 9.59 Å². The van der Waals surface area contributed by atoms with Crippen molar-refractivity contribution in [3.05, 3.63) is 0 Å². The summed E-state index contributed by atoms with van der Waals surface area (Å²) in [5.41, 5.74) is 0. The fraction of sp³-hybridized carbons (Fsp3) is 0.556. The van der Waals surface area contributed by atoms with Gasteiger partial charge in [-0.25, -0.2) is 0 Å². The van der Waals surface area contributed by atoms with E-state index in [1.165, 1.54) is 0 Å². The van der Waals surface area contributed by atoms with Crippen LogP contribution in [0.2, 0.25) is 0 Å². The minimum Gasteiger partial charge on any atom is -0.481 e. The molecule has 2 atom stereocenters. The predicted molar refractivity (Wildman–Crippen MR) is 47.3 cm³/mol. The van der Waals surface area contributed by atoms with Crippen molar-refractivity contribution in [2.45, 2.75) is 0 Å². The number of carbonyl (C=O) groups excluding carboxylic acids is 1. The minimum atomic E-state index is -0.988. The first-order chi connectivity index (χ1) is 6.66. The van der Waals surface area contributed by atoms with Gasteiger partial charge in [0.05, 0.1) is 11.8 Å². The van der Waals surface area contributed by atoms with Crippen molar-refractivity contribution in [3.63, 3.8) is 0 Å². The molecule has 1 heterocycles. The van der Waals surface area contributed by atoms with Crippen molar-refractivity contribution < 1.29 is 19.4 Å². The molecule has 1 aliphatic heterocycles. The van der Waals surface area contributed by atoms with Crippen LogP contribution in [0.1, 0.15) is 0 Å². The Morgan fingerprint density at radius 3 is 2.71 bits per heavy atom. The van der Waals surface area contributed by atoms with Gasteiger partial charge in [0.1, 0.15) is 0 Å². The quantitative estimate of drug-likeness (QED) is 0.452. The monoisotopic (exact) mass is 197 g/mol. The molecule has 0 aromatic rings. The van der Waals surface area contributed by atoms with Crippen LogP contribution in [0.5, 0.6) is 0 Å². The first-order valence-electron chi connectivity index (χ1n) is 4.20. The average molecular weight is 197 g/mol. The van der Waals surface area contributed by atoms with E-state index in [1.807, 2.05) is 0 Å². The summed E-state index contributed by atoms with van der Waals surface area (Å²) in [5, 5.41) is 11.6. The Morgan fingerprint density at radius 1 is 1.50 bits per heavy atom. The number of terminal acetylenes is 1. The lowest BCUT2D eigenvalue weighted by atomic mass is 9.96. The van der Waals surface area contributed by atoms with E-state index in [0.29, 0.717) is 13.1 Å². The zero-order valence-corrected chi connectivity index (χ0v) is 7.53. The average Bonchev–Trinajstić information content (AvgIpc) is 2.62. The van der Waals surface area contributed by atoms with Crippen LogP contribution in [0.3, 0.4) is 0 Å². The molecule has 0 saturated carbocycles. The molecular weight excluding hydrogens is 186 g/mol. The van der Waals surface area contributed by atoms with Gasteiger partial charge in [-0.05, 0) is 0 Å². The van der Waals surface area contributed by atoms with E-state index in [-0.39, 0.29) is 6.61 Å². The van der Waals surface area contributed by atoms with Crippen molar-refractivity contribution in [1.82, 2.24) is 5.32 Å². The number of hydrogen-bond acceptors (Lipinski definition) is 4.